The molecule has 5 rings (SSSR count). The Labute approximate surface area is 128 Å². The lowest BCUT2D eigenvalue weighted by atomic mass is 9.46. The Morgan fingerprint density at radius 2 is 2.00 bits per heavy atom. The van der Waals surface area contributed by atoms with Crippen LogP contribution in [0.5, 0.6) is 0 Å². The molecule has 6 nitrogen and oxygen atoms in total. The van der Waals surface area contributed by atoms with Gasteiger partial charge in [0.1, 0.15) is 6.26 Å². The number of oxazole rings is 1. The van der Waals surface area contributed by atoms with Gasteiger partial charge in [0.15, 0.2) is 11.6 Å². The van der Waals surface area contributed by atoms with Crippen molar-refractivity contribution in [3.05, 3.63) is 17.8 Å². The molecule has 3 N–H and O–H groups in total. The lowest BCUT2D eigenvalue weighted by Crippen LogP contribution is -2.65. The van der Waals surface area contributed by atoms with Crippen molar-refractivity contribution in [2.24, 2.45) is 23.0 Å². The lowest BCUT2D eigenvalue weighted by molar-refractivity contribution is -0.146. The first-order valence-electron chi connectivity index (χ1n) is 7.94. The number of aryl methyl sites for hydroxylation is 1. The molecule has 0 aromatic carbocycles. The topological polar surface area (TPSA) is 98.2 Å². The van der Waals surface area contributed by atoms with E-state index in [1.165, 1.54) is 6.26 Å². The van der Waals surface area contributed by atoms with E-state index in [-0.39, 0.29) is 17.4 Å². The van der Waals surface area contributed by atoms with Crippen LogP contribution in [0.25, 0.3) is 0 Å². The van der Waals surface area contributed by atoms with Gasteiger partial charge in [-0.2, -0.15) is 0 Å². The first-order valence-corrected chi connectivity index (χ1v) is 7.94. The summed E-state index contributed by atoms with van der Waals surface area (Å²) in [5, 5.41) is 3.16. The van der Waals surface area contributed by atoms with Gasteiger partial charge in [-0.3, -0.25) is 9.59 Å². The highest BCUT2D eigenvalue weighted by atomic mass is 16.3. The number of hydrogen-bond donors (Lipinski definition) is 2. The standard InChI is InChI=1S/C16H21N3O3/c1-9-18-12(7-22-9)13(20)19-16-5-10-2-11(6-16)4-15(3-10,8-16)14(17)21/h7,10-11H,2-6,8H2,1H3,(H2,17,21)(H,19,20). The molecule has 0 spiro atoms. The van der Waals surface area contributed by atoms with Gasteiger partial charge in [0, 0.05) is 12.5 Å². The number of aromatic nitrogens is 1. The molecule has 2 unspecified atom stereocenters. The normalized spacial score (nSPS) is 39.0. The number of carbonyl (C=O) groups is 2. The van der Waals surface area contributed by atoms with Crippen molar-refractivity contribution in [2.75, 3.05) is 0 Å². The van der Waals surface area contributed by atoms with Crippen molar-refractivity contribution < 1.29 is 14.0 Å². The van der Waals surface area contributed by atoms with Gasteiger partial charge in [-0.05, 0) is 50.4 Å². The van der Waals surface area contributed by atoms with E-state index in [1.807, 2.05) is 0 Å². The van der Waals surface area contributed by atoms with Crippen LogP contribution in [0.2, 0.25) is 0 Å². The first kappa shape index (κ1) is 13.8. The molecule has 4 fully saturated rings. The smallest absolute Gasteiger partial charge is 0.273 e. The second-order valence-electron chi connectivity index (χ2n) is 7.59. The van der Waals surface area contributed by atoms with E-state index < -0.39 is 5.41 Å². The third kappa shape index (κ3) is 1.96. The molecule has 4 bridgehead atoms. The third-order valence-corrected chi connectivity index (χ3v) is 5.81. The maximum Gasteiger partial charge on any atom is 0.273 e. The monoisotopic (exact) mass is 303 g/mol. The Hall–Kier alpha value is -1.85. The minimum absolute atomic E-state index is 0.197. The summed E-state index contributed by atoms with van der Waals surface area (Å²) in [6, 6.07) is 0. The zero-order chi connectivity index (χ0) is 15.5. The van der Waals surface area contributed by atoms with Gasteiger partial charge in [-0.15, -0.1) is 0 Å². The summed E-state index contributed by atoms with van der Waals surface area (Å²) in [5.74, 6) is 1.06. The van der Waals surface area contributed by atoms with Gasteiger partial charge in [0.05, 0.1) is 5.41 Å². The number of nitrogens with one attached hydrogen (secondary N) is 1. The van der Waals surface area contributed by atoms with E-state index in [2.05, 4.69) is 10.3 Å². The molecule has 0 saturated heterocycles. The summed E-state index contributed by atoms with van der Waals surface area (Å²) in [7, 11) is 0. The number of nitrogens with zero attached hydrogens (tertiary/aromatic N) is 1. The number of rotatable bonds is 3. The van der Waals surface area contributed by atoms with Crippen LogP contribution >= 0.6 is 0 Å². The van der Waals surface area contributed by atoms with Crippen LogP contribution in [0.4, 0.5) is 0 Å². The van der Waals surface area contributed by atoms with E-state index in [4.69, 9.17) is 10.2 Å². The molecule has 1 aromatic heterocycles. The highest BCUT2D eigenvalue weighted by molar-refractivity contribution is 5.92. The molecule has 0 radical (unpaired) electrons. The Morgan fingerprint density at radius 3 is 2.55 bits per heavy atom. The van der Waals surface area contributed by atoms with Crippen LogP contribution in [0, 0.1) is 24.2 Å². The summed E-state index contributed by atoms with van der Waals surface area (Å²) in [5.41, 5.74) is 5.30. The molecule has 1 heterocycles. The van der Waals surface area contributed by atoms with Gasteiger partial charge < -0.3 is 15.5 Å². The van der Waals surface area contributed by atoms with Crippen LogP contribution in [0.1, 0.15) is 54.9 Å². The molecular formula is C16H21N3O3. The van der Waals surface area contributed by atoms with Crippen LogP contribution in [0.3, 0.4) is 0 Å². The Balaban J connectivity index is 1.61. The number of nitrogens with two attached hydrogens (primary N) is 1. The maximum absolute atomic E-state index is 12.5. The fourth-order valence-electron chi connectivity index (χ4n) is 5.47. The molecule has 4 aliphatic carbocycles. The quantitative estimate of drug-likeness (QED) is 0.884. The van der Waals surface area contributed by atoms with Crippen LogP contribution < -0.4 is 11.1 Å². The number of amides is 2. The minimum Gasteiger partial charge on any atom is -0.448 e. The van der Waals surface area contributed by atoms with Crippen molar-refractivity contribution >= 4 is 11.8 Å². The number of carbonyl (C=O) groups excluding carboxylic acids is 2. The SMILES string of the molecule is Cc1nc(C(=O)NC23CC4CC(C2)CC(C(N)=O)(C4)C3)co1. The van der Waals surface area contributed by atoms with E-state index in [0.717, 1.165) is 32.1 Å². The van der Waals surface area contributed by atoms with Crippen molar-refractivity contribution in [3.8, 4) is 0 Å². The summed E-state index contributed by atoms with van der Waals surface area (Å²) in [4.78, 5) is 28.6. The van der Waals surface area contributed by atoms with Gasteiger partial charge >= 0.3 is 0 Å². The molecule has 118 valence electrons. The lowest BCUT2D eigenvalue weighted by Gasteiger charge is -2.60. The van der Waals surface area contributed by atoms with E-state index in [1.54, 1.807) is 6.92 Å². The fourth-order valence-corrected chi connectivity index (χ4v) is 5.47. The summed E-state index contributed by atoms with van der Waals surface area (Å²) >= 11 is 0. The molecule has 2 amide bonds. The zero-order valence-corrected chi connectivity index (χ0v) is 12.7. The largest absolute Gasteiger partial charge is 0.448 e. The van der Waals surface area contributed by atoms with Gasteiger partial charge in [-0.1, -0.05) is 0 Å². The second kappa shape index (κ2) is 4.33. The average molecular weight is 303 g/mol. The average Bonchev–Trinajstić information content (AvgIpc) is 2.83. The predicted octanol–water partition coefficient (Wildman–Crippen LogP) is 1.54. The fraction of sp³-hybridized carbons (Fsp3) is 0.688. The summed E-state index contributed by atoms with van der Waals surface area (Å²) < 4.78 is 5.12. The Bertz CT molecular complexity index is 637. The van der Waals surface area contributed by atoms with Crippen LogP contribution in [-0.4, -0.2) is 22.3 Å². The Morgan fingerprint density at radius 1 is 1.32 bits per heavy atom. The highest BCUT2D eigenvalue weighted by Gasteiger charge is 2.60. The molecule has 1 aromatic rings. The number of primary amides is 1. The summed E-state index contributed by atoms with van der Waals surface area (Å²) in [6.45, 7) is 1.71. The molecule has 6 heteroatoms. The highest BCUT2D eigenvalue weighted by Crippen LogP contribution is 2.61. The van der Waals surface area contributed by atoms with E-state index in [9.17, 15) is 9.59 Å². The summed E-state index contributed by atoms with van der Waals surface area (Å²) in [6.07, 6.45) is 6.89. The number of hydrogen-bond acceptors (Lipinski definition) is 4. The zero-order valence-electron chi connectivity index (χ0n) is 12.7. The van der Waals surface area contributed by atoms with Crippen molar-refractivity contribution in [1.82, 2.24) is 10.3 Å². The first-order chi connectivity index (χ1) is 10.4. The third-order valence-electron chi connectivity index (χ3n) is 5.81. The molecule has 4 aliphatic rings. The molecule has 2 atom stereocenters. The molecule has 0 aliphatic heterocycles. The molecule has 4 saturated carbocycles. The second-order valence-corrected chi connectivity index (χ2v) is 7.59. The maximum atomic E-state index is 12.5. The van der Waals surface area contributed by atoms with Gasteiger partial charge in [-0.25, -0.2) is 4.98 Å². The molecular weight excluding hydrogens is 282 g/mol. The van der Waals surface area contributed by atoms with Crippen molar-refractivity contribution in [3.63, 3.8) is 0 Å². The molecule has 22 heavy (non-hydrogen) atoms. The van der Waals surface area contributed by atoms with Crippen molar-refractivity contribution in [2.45, 2.75) is 51.0 Å². The minimum atomic E-state index is -0.420. The Kier molecular flexibility index (Phi) is 2.72. The van der Waals surface area contributed by atoms with E-state index in [0.29, 0.717) is 29.8 Å². The van der Waals surface area contributed by atoms with Crippen LogP contribution in [0.15, 0.2) is 10.7 Å². The predicted molar refractivity (Wildman–Crippen MR) is 77.7 cm³/mol. The van der Waals surface area contributed by atoms with Crippen molar-refractivity contribution in [1.29, 1.82) is 0 Å². The van der Waals surface area contributed by atoms with E-state index >= 15 is 0 Å². The van der Waals surface area contributed by atoms with Gasteiger partial charge in [0.25, 0.3) is 5.91 Å². The van der Waals surface area contributed by atoms with Crippen LogP contribution in [-0.2, 0) is 4.79 Å². The van der Waals surface area contributed by atoms with Gasteiger partial charge in [0.2, 0.25) is 5.91 Å².